The lowest BCUT2D eigenvalue weighted by atomic mass is 10.0. The molecule has 16 heavy (non-hydrogen) atoms. The molecule has 1 unspecified atom stereocenters. The zero-order valence-corrected chi connectivity index (χ0v) is 10.1. The minimum atomic E-state index is -0.405. The summed E-state index contributed by atoms with van der Waals surface area (Å²) in [5.41, 5.74) is 0.267. The van der Waals surface area contributed by atoms with Crippen molar-refractivity contribution < 1.29 is 14.3 Å². The fourth-order valence-corrected chi connectivity index (χ4v) is 2.38. The van der Waals surface area contributed by atoms with E-state index in [1.54, 1.807) is 5.38 Å². The Morgan fingerprint density at radius 1 is 1.75 bits per heavy atom. The average molecular weight is 242 g/mol. The van der Waals surface area contributed by atoms with Gasteiger partial charge in [0.2, 0.25) is 0 Å². The lowest BCUT2D eigenvalue weighted by Gasteiger charge is -2.22. The summed E-state index contributed by atoms with van der Waals surface area (Å²) in [6.07, 6.45) is 0.945. The van der Waals surface area contributed by atoms with Gasteiger partial charge in [-0.1, -0.05) is 0 Å². The van der Waals surface area contributed by atoms with Crippen LogP contribution >= 0.6 is 11.3 Å². The zero-order valence-electron chi connectivity index (χ0n) is 9.28. The Balaban J connectivity index is 2.05. The van der Waals surface area contributed by atoms with E-state index in [0.717, 1.165) is 18.2 Å². The summed E-state index contributed by atoms with van der Waals surface area (Å²) in [5, 5.41) is 5.71. The molecule has 6 heteroatoms. The second-order valence-electron chi connectivity index (χ2n) is 4.02. The van der Waals surface area contributed by atoms with Gasteiger partial charge in [-0.15, -0.1) is 11.3 Å². The summed E-state index contributed by atoms with van der Waals surface area (Å²) in [5.74, 6) is -0.405. The van der Waals surface area contributed by atoms with E-state index in [9.17, 15) is 4.79 Å². The summed E-state index contributed by atoms with van der Waals surface area (Å²) < 4.78 is 9.93. The quantitative estimate of drug-likeness (QED) is 0.814. The fraction of sp³-hybridized carbons (Fsp3) is 0.600. The number of hydrogen-bond acceptors (Lipinski definition) is 6. The number of nitrogens with zero attached hydrogens (tertiary/aromatic N) is 1. The van der Waals surface area contributed by atoms with Crippen LogP contribution in [0.15, 0.2) is 5.38 Å². The SMILES string of the molecule is COC(=O)c1csc(NC2(C)CCOC2)n1. The molecule has 1 aliphatic rings. The molecule has 0 aliphatic carbocycles. The normalized spacial score (nSPS) is 24.4. The van der Waals surface area contributed by atoms with Crippen molar-refractivity contribution >= 4 is 22.4 Å². The molecule has 2 rings (SSSR count). The Bertz CT molecular complexity index is 385. The minimum Gasteiger partial charge on any atom is -0.464 e. The van der Waals surface area contributed by atoms with E-state index in [1.807, 2.05) is 0 Å². The number of ether oxygens (including phenoxy) is 2. The highest BCUT2D eigenvalue weighted by molar-refractivity contribution is 7.13. The van der Waals surface area contributed by atoms with Crippen LogP contribution in [-0.2, 0) is 9.47 Å². The lowest BCUT2D eigenvalue weighted by molar-refractivity contribution is 0.0595. The molecule has 0 radical (unpaired) electrons. The molecule has 0 bridgehead atoms. The summed E-state index contributed by atoms with van der Waals surface area (Å²) in [6, 6.07) is 0. The van der Waals surface area contributed by atoms with Crippen molar-refractivity contribution in [3.63, 3.8) is 0 Å². The molecule has 2 heterocycles. The van der Waals surface area contributed by atoms with E-state index in [0.29, 0.717) is 12.3 Å². The van der Waals surface area contributed by atoms with E-state index in [2.05, 4.69) is 22.0 Å². The highest BCUT2D eigenvalue weighted by Gasteiger charge is 2.30. The first-order valence-corrected chi connectivity index (χ1v) is 5.91. The molecule has 0 aromatic carbocycles. The van der Waals surface area contributed by atoms with Crippen LogP contribution in [0, 0.1) is 0 Å². The third kappa shape index (κ3) is 2.33. The number of rotatable bonds is 3. The van der Waals surface area contributed by atoms with Crippen LogP contribution in [0.5, 0.6) is 0 Å². The molecular formula is C10H14N2O3S. The van der Waals surface area contributed by atoms with Gasteiger partial charge >= 0.3 is 5.97 Å². The van der Waals surface area contributed by atoms with Gasteiger partial charge in [0.1, 0.15) is 0 Å². The molecule has 0 spiro atoms. The van der Waals surface area contributed by atoms with Gasteiger partial charge in [0.05, 0.1) is 19.3 Å². The summed E-state index contributed by atoms with van der Waals surface area (Å²) in [4.78, 5) is 15.4. The Morgan fingerprint density at radius 2 is 2.56 bits per heavy atom. The number of carbonyl (C=O) groups excluding carboxylic acids is 1. The van der Waals surface area contributed by atoms with Gasteiger partial charge in [-0.3, -0.25) is 0 Å². The largest absolute Gasteiger partial charge is 0.464 e. The van der Waals surface area contributed by atoms with Crippen molar-refractivity contribution in [3.8, 4) is 0 Å². The Morgan fingerprint density at radius 3 is 3.19 bits per heavy atom. The highest BCUT2D eigenvalue weighted by atomic mass is 32.1. The Hall–Kier alpha value is -1.14. The minimum absolute atomic E-state index is 0.0781. The van der Waals surface area contributed by atoms with E-state index in [4.69, 9.17) is 4.74 Å². The maximum atomic E-state index is 11.2. The Kier molecular flexibility index (Phi) is 3.11. The number of anilines is 1. The molecule has 1 aromatic rings. The molecule has 1 atom stereocenters. The molecular weight excluding hydrogens is 228 g/mol. The predicted octanol–water partition coefficient (Wildman–Crippen LogP) is 1.52. The topological polar surface area (TPSA) is 60.5 Å². The zero-order chi connectivity index (χ0) is 11.6. The number of thiazole rings is 1. The monoisotopic (exact) mass is 242 g/mol. The second-order valence-corrected chi connectivity index (χ2v) is 4.88. The standard InChI is InChI=1S/C10H14N2O3S/c1-10(3-4-15-6-10)12-9-11-7(5-16-9)8(13)14-2/h5H,3-4,6H2,1-2H3,(H,11,12). The van der Waals surface area contributed by atoms with Gasteiger partial charge < -0.3 is 14.8 Å². The van der Waals surface area contributed by atoms with Crippen LogP contribution in [0.2, 0.25) is 0 Å². The van der Waals surface area contributed by atoms with Crippen molar-refractivity contribution in [1.82, 2.24) is 4.98 Å². The van der Waals surface area contributed by atoms with Crippen molar-refractivity contribution in [2.45, 2.75) is 18.9 Å². The van der Waals surface area contributed by atoms with Gasteiger partial charge in [-0.2, -0.15) is 0 Å². The third-order valence-electron chi connectivity index (χ3n) is 2.53. The molecule has 1 aromatic heterocycles. The van der Waals surface area contributed by atoms with E-state index < -0.39 is 5.97 Å². The van der Waals surface area contributed by atoms with Crippen LogP contribution in [0.3, 0.4) is 0 Å². The molecule has 5 nitrogen and oxygen atoms in total. The Labute approximate surface area is 97.8 Å². The number of methoxy groups -OCH3 is 1. The smallest absolute Gasteiger partial charge is 0.357 e. The first-order valence-electron chi connectivity index (χ1n) is 5.03. The molecule has 1 saturated heterocycles. The van der Waals surface area contributed by atoms with Crippen molar-refractivity contribution in [2.75, 3.05) is 25.6 Å². The van der Waals surface area contributed by atoms with Crippen LogP contribution < -0.4 is 5.32 Å². The maximum absolute atomic E-state index is 11.2. The fourth-order valence-electron chi connectivity index (χ4n) is 1.55. The number of esters is 1. The first-order chi connectivity index (χ1) is 7.63. The van der Waals surface area contributed by atoms with Gasteiger partial charge in [-0.05, 0) is 13.3 Å². The van der Waals surface area contributed by atoms with Crippen LogP contribution in [0.1, 0.15) is 23.8 Å². The van der Waals surface area contributed by atoms with Gasteiger partial charge in [0.15, 0.2) is 10.8 Å². The molecule has 88 valence electrons. The number of nitrogens with one attached hydrogen (secondary N) is 1. The molecule has 0 amide bonds. The second kappa shape index (κ2) is 4.39. The average Bonchev–Trinajstić information content (AvgIpc) is 2.87. The lowest BCUT2D eigenvalue weighted by Crippen LogP contribution is -2.34. The highest BCUT2D eigenvalue weighted by Crippen LogP contribution is 2.26. The van der Waals surface area contributed by atoms with Crippen molar-refractivity contribution in [3.05, 3.63) is 11.1 Å². The summed E-state index contributed by atoms with van der Waals surface area (Å²) in [7, 11) is 1.35. The van der Waals surface area contributed by atoms with Gasteiger partial charge in [0, 0.05) is 12.0 Å². The van der Waals surface area contributed by atoms with Crippen LogP contribution in [-0.4, -0.2) is 36.8 Å². The summed E-state index contributed by atoms with van der Waals surface area (Å²) in [6.45, 7) is 3.51. The number of carbonyl (C=O) groups is 1. The van der Waals surface area contributed by atoms with E-state index >= 15 is 0 Å². The third-order valence-corrected chi connectivity index (χ3v) is 3.28. The number of aromatic nitrogens is 1. The van der Waals surface area contributed by atoms with Gasteiger partial charge in [-0.25, -0.2) is 9.78 Å². The van der Waals surface area contributed by atoms with Crippen LogP contribution in [0.25, 0.3) is 0 Å². The van der Waals surface area contributed by atoms with E-state index in [1.165, 1.54) is 18.4 Å². The molecule has 0 saturated carbocycles. The molecule has 1 fully saturated rings. The van der Waals surface area contributed by atoms with Crippen molar-refractivity contribution in [2.24, 2.45) is 0 Å². The van der Waals surface area contributed by atoms with Gasteiger partial charge in [0.25, 0.3) is 0 Å². The first kappa shape index (κ1) is 11.3. The summed E-state index contributed by atoms with van der Waals surface area (Å²) >= 11 is 1.40. The number of hydrogen-bond donors (Lipinski definition) is 1. The van der Waals surface area contributed by atoms with E-state index in [-0.39, 0.29) is 5.54 Å². The predicted molar refractivity (Wildman–Crippen MR) is 60.9 cm³/mol. The van der Waals surface area contributed by atoms with Crippen LogP contribution in [0.4, 0.5) is 5.13 Å². The maximum Gasteiger partial charge on any atom is 0.357 e. The molecule has 1 N–H and O–H groups in total. The molecule has 1 aliphatic heterocycles. The van der Waals surface area contributed by atoms with Crippen molar-refractivity contribution in [1.29, 1.82) is 0 Å².